The number of methoxy groups -OCH3 is 1. The van der Waals surface area contributed by atoms with E-state index in [9.17, 15) is 4.79 Å². The zero-order valence-corrected chi connectivity index (χ0v) is 14.4. The Morgan fingerprint density at radius 1 is 1.38 bits per heavy atom. The highest BCUT2D eigenvalue weighted by atomic mass is 16.5. The lowest BCUT2D eigenvalue weighted by Crippen LogP contribution is -2.47. The molecule has 1 amide bonds. The van der Waals surface area contributed by atoms with Crippen molar-refractivity contribution in [3.63, 3.8) is 0 Å². The second-order valence-corrected chi connectivity index (χ2v) is 6.38. The van der Waals surface area contributed by atoms with Gasteiger partial charge in [0.2, 0.25) is 0 Å². The fourth-order valence-corrected chi connectivity index (χ4v) is 2.86. The van der Waals surface area contributed by atoms with Crippen LogP contribution in [0.1, 0.15) is 24.3 Å². The number of ether oxygens (including phenoxy) is 1. The third kappa shape index (κ3) is 3.28. The number of carbonyl (C=O) groups excluding carboxylic acids is 1. The van der Waals surface area contributed by atoms with Crippen molar-refractivity contribution in [2.24, 2.45) is 5.92 Å². The molecule has 1 aromatic heterocycles. The smallest absolute Gasteiger partial charge is 0.278 e. The van der Waals surface area contributed by atoms with E-state index in [4.69, 9.17) is 4.74 Å². The molecule has 0 aliphatic carbocycles. The summed E-state index contributed by atoms with van der Waals surface area (Å²) in [5.74, 6) is 0.360. The predicted molar refractivity (Wildman–Crippen MR) is 94.5 cm³/mol. The molecule has 1 atom stereocenters. The molecule has 2 aromatic rings. The second kappa shape index (κ2) is 7.05. The van der Waals surface area contributed by atoms with Gasteiger partial charge in [-0.15, -0.1) is 0 Å². The van der Waals surface area contributed by atoms with Crippen molar-refractivity contribution in [1.82, 2.24) is 9.78 Å². The van der Waals surface area contributed by atoms with Crippen molar-refractivity contribution in [1.29, 1.82) is 0 Å². The lowest BCUT2D eigenvalue weighted by molar-refractivity contribution is 0.0977. The summed E-state index contributed by atoms with van der Waals surface area (Å²) in [6.45, 7) is 6.16. The van der Waals surface area contributed by atoms with Gasteiger partial charge in [0.05, 0.1) is 24.5 Å². The maximum atomic E-state index is 13.0. The highest BCUT2D eigenvalue weighted by molar-refractivity contribution is 6.07. The molecule has 1 aliphatic rings. The first-order chi connectivity index (χ1) is 11.6. The summed E-state index contributed by atoms with van der Waals surface area (Å²) in [4.78, 5) is 14.8. The first-order valence-electron chi connectivity index (χ1n) is 8.30. The van der Waals surface area contributed by atoms with Crippen LogP contribution in [-0.4, -0.2) is 42.0 Å². The summed E-state index contributed by atoms with van der Waals surface area (Å²) >= 11 is 0. The van der Waals surface area contributed by atoms with Crippen molar-refractivity contribution < 1.29 is 9.53 Å². The molecular formula is C18H24N4O2. The van der Waals surface area contributed by atoms with Gasteiger partial charge in [-0.2, -0.15) is 5.10 Å². The Morgan fingerprint density at radius 2 is 2.17 bits per heavy atom. The van der Waals surface area contributed by atoms with Crippen LogP contribution in [0.15, 0.2) is 36.5 Å². The van der Waals surface area contributed by atoms with Crippen LogP contribution in [-0.2, 0) is 11.3 Å². The molecule has 24 heavy (non-hydrogen) atoms. The molecular weight excluding hydrogens is 304 g/mol. The minimum absolute atomic E-state index is 0.0641. The number of carbonyl (C=O) groups is 1. The fourth-order valence-electron chi connectivity index (χ4n) is 2.86. The van der Waals surface area contributed by atoms with E-state index in [0.717, 1.165) is 11.4 Å². The van der Waals surface area contributed by atoms with E-state index in [1.165, 1.54) is 0 Å². The topological polar surface area (TPSA) is 59.4 Å². The number of aromatic nitrogens is 2. The predicted octanol–water partition coefficient (Wildman–Crippen LogP) is 2.63. The number of anilines is 2. The van der Waals surface area contributed by atoms with Gasteiger partial charge in [-0.1, -0.05) is 26.0 Å². The average Bonchev–Trinajstić information content (AvgIpc) is 3.07. The SMILES string of the molecule is COCCn1ccc(C(=O)N2C[C@@H](C(C)C)Nc3ccccc32)n1. The minimum Gasteiger partial charge on any atom is -0.383 e. The van der Waals surface area contributed by atoms with Crippen LogP contribution in [0.2, 0.25) is 0 Å². The molecule has 1 aromatic carbocycles. The Morgan fingerprint density at radius 3 is 2.92 bits per heavy atom. The Kier molecular flexibility index (Phi) is 4.85. The van der Waals surface area contributed by atoms with Gasteiger partial charge in [0.25, 0.3) is 5.91 Å². The number of hydrogen-bond donors (Lipinski definition) is 1. The number of amides is 1. The van der Waals surface area contributed by atoms with Crippen molar-refractivity contribution in [2.45, 2.75) is 26.4 Å². The third-order valence-corrected chi connectivity index (χ3v) is 4.35. The number of nitrogens with zero attached hydrogens (tertiary/aromatic N) is 3. The summed E-state index contributed by atoms with van der Waals surface area (Å²) in [7, 11) is 1.65. The van der Waals surface area contributed by atoms with E-state index >= 15 is 0 Å². The molecule has 0 saturated carbocycles. The van der Waals surface area contributed by atoms with Crippen LogP contribution >= 0.6 is 0 Å². The number of rotatable bonds is 5. The molecule has 128 valence electrons. The summed E-state index contributed by atoms with van der Waals surface area (Å²) in [5.41, 5.74) is 2.37. The van der Waals surface area contributed by atoms with Crippen molar-refractivity contribution in [2.75, 3.05) is 30.5 Å². The van der Waals surface area contributed by atoms with E-state index in [0.29, 0.717) is 31.3 Å². The largest absolute Gasteiger partial charge is 0.383 e. The Labute approximate surface area is 142 Å². The minimum atomic E-state index is -0.0641. The van der Waals surface area contributed by atoms with Crippen LogP contribution in [0.3, 0.4) is 0 Å². The quantitative estimate of drug-likeness (QED) is 0.916. The highest BCUT2D eigenvalue weighted by Crippen LogP contribution is 2.33. The Hall–Kier alpha value is -2.34. The lowest BCUT2D eigenvalue weighted by atomic mass is 9.99. The Balaban J connectivity index is 1.86. The monoisotopic (exact) mass is 328 g/mol. The van der Waals surface area contributed by atoms with E-state index in [1.54, 1.807) is 17.9 Å². The van der Waals surface area contributed by atoms with Crippen molar-refractivity contribution >= 4 is 17.3 Å². The van der Waals surface area contributed by atoms with Crippen LogP contribution in [0.4, 0.5) is 11.4 Å². The lowest BCUT2D eigenvalue weighted by Gasteiger charge is -2.37. The molecule has 3 rings (SSSR count). The number of nitrogens with one attached hydrogen (secondary N) is 1. The summed E-state index contributed by atoms with van der Waals surface area (Å²) in [5, 5.41) is 7.92. The van der Waals surface area contributed by atoms with Crippen LogP contribution in [0, 0.1) is 5.92 Å². The molecule has 1 N–H and O–H groups in total. The maximum absolute atomic E-state index is 13.0. The average molecular weight is 328 g/mol. The van der Waals surface area contributed by atoms with Gasteiger partial charge in [-0.25, -0.2) is 0 Å². The summed E-state index contributed by atoms with van der Waals surface area (Å²) in [6, 6.07) is 9.91. The van der Waals surface area contributed by atoms with Gasteiger partial charge in [0.15, 0.2) is 5.69 Å². The molecule has 2 heterocycles. The van der Waals surface area contributed by atoms with Crippen LogP contribution < -0.4 is 10.2 Å². The summed E-state index contributed by atoms with van der Waals surface area (Å²) in [6.07, 6.45) is 1.82. The molecule has 0 bridgehead atoms. The van der Waals surface area contributed by atoms with Crippen molar-refractivity contribution in [3.05, 3.63) is 42.2 Å². The molecule has 1 aliphatic heterocycles. The van der Waals surface area contributed by atoms with Gasteiger partial charge in [0.1, 0.15) is 0 Å². The molecule has 6 heteroatoms. The van der Waals surface area contributed by atoms with Gasteiger partial charge < -0.3 is 15.0 Å². The number of hydrogen-bond acceptors (Lipinski definition) is 4. The van der Waals surface area contributed by atoms with E-state index in [1.807, 2.05) is 35.4 Å². The second-order valence-electron chi connectivity index (χ2n) is 6.38. The molecule has 0 unspecified atom stereocenters. The van der Waals surface area contributed by atoms with Gasteiger partial charge in [-0.05, 0) is 24.1 Å². The zero-order chi connectivity index (χ0) is 17.1. The Bertz CT molecular complexity index is 711. The fraction of sp³-hybridized carbons (Fsp3) is 0.444. The maximum Gasteiger partial charge on any atom is 0.278 e. The molecule has 0 spiro atoms. The normalized spacial score (nSPS) is 16.8. The first kappa shape index (κ1) is 16.5. The third-order valence-electron chi connectivity index (χ3n) is 4.35. The molecule has 0 fully saturated rings. The number of fused-ring (bicyclic) bond motifs is 1. The molecule has 0 saturated heterocycles. The standard InChI is InChI=1S/C18H24N4O2/c1-13(2)16-12-22(17-7-5-4-6-14(17)19-16)18(23)15-8-9-21(20-15)10-11-24-3/h4-9,13,16,19H,10-12H2,1-3H3/t16-/m0/s1. The van der Waals surface area contributed by atoms with Gasteiger partial charge >= 0.3 is 0 Å². The number of benzene rings is 1. The van der Waals surface area contributed by atoms with Crippen molar-refractivity contribution in [3.8, 4) is 0 Å². The zero-order valence-electron chi connectivity index (χ0n) is 14.4. The van der Waals surface area contributed by atoms with Gasteiger partial charge in [-0.3, -0.25) is 9.48 Å². The van der Waals surface area contributed by atoms with E-state index in [2.05, 4.69) is 24.3 Å². The summed E-state index contributed by atoms with van der Waals surface area (Å²) < 4.78 is 6.80. The molecule has 6 nitrogen and oxygen atoms in total. The number of para-hydroxylation sites is 2. The van der Waals surface area contributed by atoms with Crippen LogP contribution in [0.25, 0.3) is 0 Å². The van der Waals surface area contributed by atoms with E-state index in [-0.39, 0.29) is 11.9 Å². The highest BCUT2D eigenvalue weighted by Gasteiger charge is 2.30. The van der Waals surface area contributed by atoms with E-state index < -0.39 is 0 Å². The molecule has 0 radical (unpaired) electrons. The first-order valence-corrected chi connectivity index (χ1v) is 8.30. The van der Waals surface area contributed by atoms with Crippen LogP contribution in [0.5, 0.6) is 0 Å². The van der Waals surface area contributed by atoms with Gasteiger partial charge in [0, 0.05) is 25.9 Å².